The highest BCUT2D eigenvalue weighted by Gasteiger charge is 2.29. The number of carbonyl (C=O) groups excluding carboxylic acids is 1. The minimum absolute atomic E-state index is 0.144. The largest absolute Gasteiger partial charge is 0.294 e. The van der Waals surface area contributed by atoms with Crippen molar-refractivity contribution in [2.24, 2.45) is 0 Å². The van der Waals surface area contributed by atoms with Crippen LogP contribution in [-0.4, -0.2) is 20.5 Å². The van der Waals surface area contributed by atoms with E-state index in [4.69, 9.17) is 5.26 Å². The predicted molar refractivity (Wildman–Crippen MR) is 68.3 cm³/mol. The summed E-state index contributed by atoms with van der Waals surface area (Å²) in [6.07, 6.45) is 5.04. The molecule has 1 aliphatic rings. The van der Waals surface area contributed by atoms with Crippen LogP contribution in [0.25, 0.3) is 11.3 Å². The molecule has 0 aliphatic heterocycles. The van der Waals surface area contributed by atoms with Crippen LogP contribution in [0.2, 0.25) is 0 Å². The molecule has 2 aromatic rings. The number of carbonyl (C=O) groups is 1. The summed E-state index contributed by atoms with van der Waals surface area (Å²) < 4.78 is 1.80. The van der Waals surface area contributed by atoms with Crippen molar-refractivity contribution in [3.8, 4) is 17.3 Å². The van der Waals surface area contributed by atoms with Gasteiger partial charge in [-0.2, -0.15) is 10.4 Å². The maximum atomic E-state index is 12.0. The summed E-state index contributed by atoms with van der Waals surface area (Å²) in [5, 5.41) is 13.2. The highest BCUT2D eigenvalue weighted by molar-refractivity contribution is 6.05. The molecule has 0 amide bonds. The molecule has 5 heteroatoms. The second kappa shape index (κ2) is 4.65. The lowest BCUT2D eigenvalue weighted by Gasteiger charge is -2.01. The molecule has 0 aromatic carbocycles. The maximum Gasteiger partial charge on any atom is 0.167 e. The number of pyridine rings is 1. The van der Waals surface area contributed by atoms with Crippen LogP contribution in [0.3, 0.4) is 0 Å². The van der Waals surface area contributed by atoms with E-state index in [1.54, 1.807) is 17.1 Å². The van der Waals surface area contributed by atoms with E-state index in [0.717, 1.165) is 28.9 Å². The second-order valence-corrected chi connectivity index (χ2v) is 4.46. The monoisotopic (exact) mass is 252 g/mol. The van der Waals surface area contributed by atoms with E-state index in [0.29, 0.717) is 19.4 Å². The van der Waals surface area contributed by atoms with Gasteiger partial charge in [0.05, 0.1) is 30.3 Å². The quantitative estimate of drug-likeness (QED) is 0.837. The van der Waals surface area contributed by atoms with Gasteiger partial charge in [0, 0.05) is 24.4 Å². The van der Waals surface area contributed by atoms with Crippen molar-refractivity contribution >= 4 is 5.78 Å². The third-order valence-corrected chi connectivity index (χ3v) is 3.31. The van der Waals surface area contributed by atoms with Crippen molar-refractivity contribution in [1.82, 2.24) is 14.8 Å². The van der Waals surface area contributed by atoms with Gasteiger partial charge in [-0.15, -0.1) is 0 Å². The highest BCUT2D eigenvalue weighted by atomic mass is 16.1. The summed E-state index contributed by atoms with van der Waals surface area (Å²) in [6, 6.07) is 5.81. The Bertz CT molecular complexity index is 667. The number of ketones is 1. The van der Waals surface area contributed by atoms with Gasteiger partial charge in [-0.1, -0.05) is 0 Å². The standard InChI is InChI=1S/C14H12N4O/c15-6-1-9-18-11-2-3-12(19)13(11)14(17-18)10-4-7-16-8-5-10/h4-5,7-8H,1-3,9H2. The minimum Gasteiger partial charge on any atom is -0.294 e. The molecule has 0 spiro atoms. The maximum absolute atomic E-state index is 12.0. The van der Waals surface area contributed by atoms with Gasteiger partial charge in [-0.05, 0) is 18.6 Å². The summed E-state index contributed by atoms with van der Waals surface area (Å²) >= 11 is 0. The molecule has 3 rings (SSSR count). The first kappa shape index (κ1) is 11.6. The Hall–Kier alpha value is -2.48. The summed E-state index contributed by atoms with van der Waals surface area (Å²) in [5.74, 6) is 0.144. The molecule has 0 fully saturated rings. The molecule has 5 nitrogen and oxygen atoms in total. The average Bonchev–Trinajstić information content (AvgIpc) is 2.99. The number of nitrogens with zero attached hydrogens (tertiary/aromatic N) is 4. The van der Waals surface area contributed by atoms with Crippen molar-refractivity contribution in [3.05, 3.63) is 35.8 Å². The number of fused-ring (bicyclic) bond motifs is 1. The Morgan fingerprint density at radius 2 is 2.11 bits per heavy atom. The summed E-state index contributed by atoms with van der Waals surface area (Å²) in [5.41, 5.74) is 3.31. The molecule has 2 heterocycles. The zero-order chi connectivity index (χ0) is 13.2. The third kappa shape index (κ3) is 1.91. The Morgan fingerprint density at radius 3 is 2.84 bits per heavy atom. The zero-order valence-electron chi connectivity index (χ0n) is 10.3. The molecular weight excluding hydrogens is 240 g/mol. The van der Waals surface area contributed by atoms with Crippen LogP contribution in [0.15, 0.2) is 24.5 Å². The van der Waals surface area contributed by atoms with Gasteiger partial charge >= 0.3 is 0 Å². The van der Waals surface area contributed by atoms with Gasteiger partial charge in [0.2, 0.25) is 0 Å². The normalized spacial score (nSPS) is 13.3. The molecule has 19 heavy (non-hydrogen) atoms. The summed E-state index contributed by atoms with van der Waals surface area (Å²) in [6.45, 7) is 0.539. The number of hydrogen-bond acceptors (Lipinski definition) is 4. The van der Waals surface area contributed by atoms with Crippen molar-refractivity contribution in [1.29, 1.82) is 5.26 Å². The van der Waals surface area contributed by atoms with Crippen molar-refractivity contribution in [3.63, 3.8) is 0 Å². The van der Waals surface area contributed by atoms with E-state index in [1.807, 2.05) is 12.1 Å². The van der Waals surface area contributed by atoms with Crippen LogP contribution in [0.4, 0.5) is 0 Å². The van der Waals surface area contributed by atoms with Crippen LogP contribution in [0, 0.1) is 11.3 Å². The molecule has 0 saturated carbocycles. The van der Waals surface area contributed by atoms with Gasteiger partial charge < -0.3 is 0 Å². The average molecular weight is 252 g/mol. The van der Waals surface area contributed by atoms with Gasteiger partial charge in [0.25, 0.3) is 0 Å². The number of aromatic nitrogens is 3. The highest BCUT2D eigenvalue weighted by Crippen LogP contribution is 2.31. The molecule has 0 unspecified atom stereocenters. The summed E-state index contributed by atoms with van der Waals surface area (Å²) in [4.78, 5) is 16.0. The van der Waals surface area contributed by atoms with Crippen molar-refractivity contribution < 1.29 is 4.79 Å². The molecule has 0 atom stereocenters. The van der Waals surface area contributed by atoms with Crippen LogP contribution < -0.4 is 0 Å². The first-order valence-electron chi connectivity index (χ1n) is 6.21. The fourth-order valence-electron chi connectivity index (χ4n) is 2.45. The molecule has 0 radical (unpaired) electrons. The van der Waals surface area contributed by atoms with Gasteiger partial charge in [0.15, 0.2) is 5.78 Å². The third-order valence-electron chi connectivity index (χ3n) is 3.31. The number of nitriles is 1. The number of Topliss-reactive ketones (excluding diaryl/α,β-unsaturated/α-hetero) is 1. The van der Waals surface area contributed by atoms with E-state index in [2.05, 4.69) is 16.2 Å². The number of aryl methyl sites for hydroxylation is 1. The number of hydrogen-bond donors (Lipinski definition) is 0. The van der Waals surface area contributed by atoms with Gasteiger partial charge in [-0.3, -0.25) is 14.5 Å². The van der Waals surface area contributed by atoms with E-state index in [-0.39, 0.29) is 5.78 Å². The van der Waals surface area contributed by atoms with Crippen LogP contribution in [0.1, 0.15) is 28.9 Å². The lowest BCUT2D eigenvalue weighted by Crippen LogP contribution is -2.03. The SMILES string of the molecule is N#CCCn1nc(-c2ccncc2)c2c1CCC2=O. The first-order chi connectivity index (χ1) is 9.31. The molecule has 0 N–H and O–H groups in total. The molecule has 2 aromatic heterocycles. The van der Waals surface area contributed by atoms with E-state index >= 15 is 0 Å². The lowest BCUT2D eigenvalue weighted by atomic mass is 10.1. The Balaban J connectivity index is 2.11. The van der Waals surface area contributed by atoms with Crippen molar-refractivity contribution in [2.75, 3.05) is 0 Å². The Labute approximate surface area is 110 Å². The van der Waals surface area contributed by atoms with E-state index in [9.17, 15) is 4.79 Å². The van der Waals surface area contributed by atoms with Gasteiger partial charge in [0.1, 0.15) is 5.69 Å². The van der Waals surface area contributed by atoms with Crippen LogP contribution in [-0.2, 0) is 13.0 Å². The molecule has 1 aliphatic carbocycles. The Morgan fingerprint density at radius 1 is 1.32 bits per heavy atom. The second-order valence-electron chi connectivity index (χ2n) is 4.46. The van der Waals surface area contributed by atoms with E-state index < -0.39 is 0 Å². The Kier molecular flexibility index (Phi) is 2.84. The van der Waals surface area contributed by atoms with E-state index in [1.165, 1.54) is 0 Å². The topological polar surface area (TPSA) is 71.6 Å². The first-order valence-corrected chi connectivity index (χ1v) is 6.21. The summed E-state index contributed by atoms with van der Waals surface area (Å²) in [7, 11) is 0. The van der Waals surface area contributed by atoms with Crippen LogP contribution >= 0.6 is 0 Å². The van der Waals surface area contributed by atoms with Crippen molar-refractivity contribution in [2.45, 2.75) is 25.8 Å². The zero-order valence-corrected chi connectivity index (χ0v) is 10.3. The molecule has 0 bridgehead atoms. The number of rotatable bonds is 3. The predicted octanol–water partition coefficient (Wildman–Crippen LogP) is 1.99. The smallest absolute Gasteiger partial charge is 0.167 e. The lowest BCUT2D eigenvalue weighted by molar-refractivity contribution is 0.0995. The fourth-order valence-corrected chi connectivity index (χ4v) is 2.45. The minimum atomic E-state index is 0.144. The van der Waals surface area contributed by atoms with Crippen LogP contribution in [0.5, 0.6) is 0 Å². The molecule has 94 valence electrons. The molecular formula is C14H12N4O. The van der Waals surface area contributed by atoms with Gasteiger partial charge in [-0.25, -0.2) is 0 Å². The molecule has 0 saturated heterocycles. The fraction of sp³-hybridized carbons (Fsp3) is 0.286.